The molecule has 2 amide bonds. The second-order valence-corrected chi connectivity index (χ2v) is 4.35. The van der Waals surface area contributed by atoms with E-state index in [2.05, 4.69) is 10.9 Å². The van der Waals surface area contributed by atoms with Crippen LogP contribution in [-0.4, -0.2) is 25.5 Å². The molecule has 0 bridgehead atoms. The quantitative estimate of drug-likeness (QED) is 0.623. The van der Waals surface area contributed by atoms with Crippen molar-refractivity contribution in [1.82, 2.24) is 10.9 Å². The van der Waals surface area contributed by atoms with Crippen molar-refractivity contribution < 1.29 is 23.5 Å². The molecule has 0 saturated heterocycles. The van der Waals surface area contributed by atoms with E-state index in [0.717, 1.165) is 0 Å². The molecule has 2 aromatic rings. The van der Waals surface area contributed by atoms with Crippen LogP contribution in [0.1, 0.15) is 5.76 Å². The molecule has 0 radical (unpaired) electrons. The average Bonchev–Trinajstić information content (AvgIpc) is 3.10. The maximum Gasteiger partial charge on any atom is 0.276 e. The van der Waals surface area contributed by atoms with Crippen LogP contribution in [0.5, 0.6) is 11.5 Å². The zero-order valence-corrected chi connectivity index (χ0v) is 12.4. The van der Waals surface area contributed by atoms with Crippen LogP contribution in [-0.2, 0) is 9.59 Å². The fourth-order valence-corrected chi connectivity index (χ4v) is 1.57. The van der Waals surface area contributed by atoms with E-state index < -0.39 is 11.8 Å². The van der Waals surface area contributed by atoms with Crippen LogP contribution >= 0.6 is 0 Å². The molecule has 120 valence electrons. The molecule has 0 unspecified atom stereocenters. The van der Waals surface area contributed by atoms with Gasteiger partial charge in [0.2, 0.25) is 0 Å². The van der Waals surface area contributed by atoms with E-state index in [1.807, 2.05) is 0 Å². The van der Waals surface area contributed by atoms with Crippen LogP contribution < -0.4 is 20.3 Å². The van der Waals surface area contributed by atoms with Crippen molar-refractivity contribution in [2.45, 2.75) is 0 Å². The minimum atomic E-state index is -0.487. The first-order valence-electron chi connectivity index (χ1n) is 6.74. The Hall–Kier alpha value is -3.22. The number of amides is 2. The monoisotopic (exact) mass is 316 g/mol. The zero-order valence-electron chi connectivity index (χ0n) is 12.4. The minimum absolute atomic E-state index is 0.228. The molecule has 0 aliphatic rings. The second-order valence-electron chi connectivity index (χ2n) is 4.35. The van der Waals surface area contributed by atoms with E-state index in [9.17, 15) is 9.59 Å². The Balaban J connectivity index is 1.69. The van der Waals surface area contributed by atoms with Gasteiger partial charge in [-0.15, -0.1) is 0 Å². The van der Waals surface area contributed by atoms with E-state index in [0.29, 0.717) is 17.3 Å². The van der Waals surface area contributed by atoms with Gasteiger partial charge in [-0.1, -0.05) is 0 Å². The number of hydrogen-bond acceptors (Lipinski definition) is 5. The number of nitrogens with one attached hydrogen (secondary N) is 2. The second kappa shape index (κ2) is 8.28. The van der Waals surface area contributed by atoms with Crippen LogP contribution in [0.15, 0.2) is 53.2 Å². The Kier molecular flexibility index (Phi) is 5.81. The highest BCUT2D eigenvalue weighted by Crippen LogP contribution is 2.16. The summed E-state index contributed by atoms with van der Waals surface area (Å²) in [6, 6.07) is 10.2. The summed E-state index contributed by atoms with van der Waals surface area (Å²) in [7, 11) is 1.56. The molecule has 1 heterocycles. The highest BCUT2D eigenvalue weighted by atomic mass is 16.5. The van der Waals surface area contributed by atoms with Gasteiger partial charge in [0, 0.05) is 6.08 Å². The summed E-state index contributed by atoms with van der Waals surface area (Å²) < 4.78 is 15.3. The van der Waals surface area contributed by atoms with Crippen molar-refractivity contribution in [3.63, 3.8) is 0 Å². The Morgan fingerprint density at radius 1 is 1.13 bits per heavy atom. The van der Waals surface area contributed by atoms with Gasteiger partial charge in [-0.2, -0.15) is 0 Å². The third-order valence-electron chi connectivity index (χ3n) is 2.70. The molecular formula is C16H16N2O5. The fourth-order valence-electron chi connectivity index (χ4n) is 1.57. The van der Waals surface area contributed by atoms with Crippen molar-refractivity contribution in [3.8, 4) is 11.5 Å². The molecule has 1 aromatic carbocycles. The molecule has 0 atom stereocenters. The maximum atomic E-state index is 11.6. The summed E-state index contributed by atoms with van der Waals surface area (Å²) in [4.78, 5) is 23.0. The van der Waals surface area contributed by atoms with E-state index in [1.165, 1.54) is 18.4 Å². The number of ether oxygens (including phenoxy) is 2. The number of carbonyl (C=O) groups is 2. The van der Waals surface area contributed by atoms with Crippen molar-refractivity contribution >= 4 is 17.9 Å². The van der Waals surface area contributed by atoms with Crippen molar-refractivity contribution in [3.05, 3.63) is 54.5 Å². The average molecular weight is 316 g/mol. The van der Waals surface area contributed by atoms with Crippen molar-refractivity contribution in [2.24, 2.45) is 0 Å². The lowest BCUT2D eigenvalue weighted by Crippen LogP contribution is -2.43. The Bertz CT molecular complexity index is 662. The molecular weight excluding hydrogens is 300 g/mol. The Morgan fingerprint density at radius 3 is 2.52 bits per heavy atom. The van der Waals surface area contributed by atoms with Crippen LogP contribution in [0, 0.1) is 0 Å². The number of benzene rings is 1. The van der Waals surface area contributed by atoms with E-state index >= 15 is 0 Å². The molecule has 0 spiro atoms. The van der Waals surface area contributed by atoms with E-state index in [1.54, 1.807) is 43.5 Å². The summed E-state index contributed by atoms with van der Waals surface area (Å²) in [6.45, 7) is -0.228. The molecule has 23 heavy (non-hydrogen) atoms. The van der Waals surface area contributed by atoms with E-state index in [-0.39, 0.29) is 6.61 Å². The minimum Gasteiger partial charge on any atom is -0.497 e. The van der Waals surface area contributed by atoms with Crippen LogP contribution in [0.3, 0.4) is 0 Å². The fraction of sp³-hybridized carbons (Fsp3) is 0.125. The molecule has 7 heteroatoms. The predicted octanol–water partition coefficient (Wildman–Crippen LogP) is 1.53. The number of carbonyl (C=O) groups excluding carboxylic acids is 2. The maximum absolute atomic E-state index is 11.6. The SMILES string of the molecule is COc1ccc(OCC(=O)NNC(=O)/C=C/c2ccco2)cc1. The standard InChI is InChI=1S/C16H16N2O5/c1-21-12-4-6-14(7-5-12)23-11-16(20)18-17-15(19)9-8-13-3-2-10-22-13/h2-10H,11H2,1H3,(H,17,19)(H,18,20)/b9-8+. The Morgan fingerprint density at radius 2 is 1.87 bits per heavy atom. The molecule has 1 aromatic heterocycles. The summed E-state index contributed by atoms with van der Waals surface area (Å²) in [5.41, 5.74) is 4.47. The van der Waals surface area contributed by atoms with Crippen molar-refractivity contribution in [2.75, 3.05) is 13.7 Å². The highest BCUT2D eigenvalue weighted by Gasteiger charge is 2.04. The largest absolute Gasteiger partial charge is 0.497 e. The number of hydrogen-bond donors (Lipinski definition) is 2. The first-order chi connectivity index (χ1) is 11.2. The molecule has 2 rings (SSSR count). The van der Waals surface area contributed by atoms with Gasteiger partial charge >= 0.3 is 0 Å². The Labute approximate surface area is 132 Å². The van der Waals surface area contributed by atoms with Crippen LogP contribution in [0.2, 0.25) is 0 Å². The molecule has 7 nitrogen and oxygen atoms in total. The lowest BCUT2D eigenvalue weighted by atomic mass is 10.3. The van der Waals surface area contributed by atoms with Crippen LogP contribution in [0.4, 0.5) is 0 Å². The zero-order chi connectivity index (χ0) is 16.5. The highest BCUT2D eigenvalue weighted by molar-refractivity contribution is 5.92. The molecule has 2 N–H and O–H groups in total. The lowest BCUT2D eigenvalue weighted by molar-refractivity contribution is -0.128. The first-order valence-corrected chi connectivity index (χ1v) is 6.74. The molecule has 0 fully saturated rings. The smallest absolute Gasteiger partial charge is 0.276 e. The van der Waals surface area contributed by atoms with Gasteiger partial charge in [0.15, 0.2) is 6.61 Å². The van der Waals surface area contributed by atoms with Gasteiger partial charge in [0.25, 0.3) is 11.8 Å². The van der Waals surface area contributed by atoms with Gasteiger partial charge in [0.05, 0.1) is 13.4 Å². The number of methoxy groups -OCH3 is 1. The van der Waals surface area contributed by atoms with Gasteiger partial charge in [-0.05, 0) is 42.5 Å². The lowest BCUT2D eigenvalue weighted by Gasteiger charge is -2.08. The van der Waals surface area contributed by atoms with Gasteiger partial charge < -0.3 is 13.9 Å². The normalized spacial score (nSPS) is 10.3. The predicted molar refractivity (Wildman–Crippen MR) is 82.5 cm³/mol. The summed E-state index contributed by atoms with van der Waals surface area (Å²) >= 11 is 0. The molecule has 0 saturated carbocycles. The van der Waals surface area contributed by atoms with Crippen molar-refractivity contribution in [1.29, 1.82) is 0 Å². The van der Waals surface area contributed by atoms with Gasteiger partial charge in [-0.25, -0.2) is 0 Å². The number of rotatable bonds is 6. The number of hydrazine groups is 1. The number of furan rings is 1. The first kappa shape index (κ1) is 16.2. The summed E-state index contributed by atoms with van der Waals surface area (Å²) in [5, 5.41) is 0. The van der Waals surface area contributed by atoms with Gasteiger partial charge in [0.1, 0.15) is 17.3 Å². The third-order valence-corrected chi connectivity index (χ3v) is 2.70. The van der Waals surface area contributed by atoms with E-state index in [4.69, 9.17) is 13.9 Å². The topological polar surface area (TPSA) is 89.8 Å². The molecule has 0 aliphatic heterocycles. The van der Waals surface area contributed by atoms with Gasteiger partial charge in [-0.3, -0.25) is 20.4 Å². The van der Waals surface area contributed by atoms with Crippen LogP contribution in [0.25, 0.3) is 6.08 Å². The third kappa shape index (κ3) is 5.58. The summed E-state index contributed by atoms with van der Waals surface area (Å²) in [5.74, 6) is 0.775. The molecule has 0 aliphatic carbocycles. The summed E-state index contributed by atoms with van der Waals surface area (Å²) in [6.07, 6.45) is 4.22.